The van der Waals surface area contributed by atoms with E-state index in [1.165, 1.54) is 37.7 Å². The Hall–Kier alpha value is -1.89. The zero-order valence-corrected chi connectivity index (χ0v) is 18.3. The van der Waals surface area contributed by atoms with Crippen molar-refractivity contribution in [2.75, 3.05) is 26.2 Å². The molecule has 1 spiro atoms. The lowest BCUT2D eigenvalue weighted by Crippen LogP contribution is -2.63. The summed E-state index contributed by atoms with van der Waals surface area (Å²) in [7, 11) is 0. The number of benzene rings is 1. The standard InChI is InChI=1S/C23H31N5O.ClH/c29-22(21-19-15-24-12-9-20(19)25-26-21)27-13-14-28(16-18-7-3-1-4-8-18)23(17-27)10-5-2-6-11-23;/h1,3-4,7-8,24H,2,5-6,9-17H2,(H,25,26);1H. The molecule has 30 heavy (non-hydrogen) atoms. The maximum atomic E-state index is 13.4. The smallest absolute Gasteiger partial charge is 0.274 e. The number of hydrogen-bond acceptors (Lipinski definition) is 4. The van der Waals surface area contributed by atoms with Crippen molar-refractivity contribution in [1.82, 2.24) is 25.3 Å². The van der Waals surface area contributed by atoms with Gasteiger partial charge in [-0.1, -0.05) is 49.6 Å². The molecule has 162 valence electrons. The lowest BCUT2D eigenvalue weighted by atomic mass is 9.78. The van der Waals surface area contributed by atoms with Crippen molar-refractivity contribution in [2.45, 2.75) is 57.2 Å². The summed E-state index contributed by atoms with van der Waals surface area (Å²) in [5.74, 6) is 0.107. The van der Waals surface area contributed by atoms with Gasteiger partial charge in [0.15, 0.2) is 5.69 Å². The largest absolute Gasteiger partial charge is 0.334 e. The number of piperazine rings is 1. The van der Waals surface area contributed by atoms with E-state index in [-0.39, 0.29) is 23.9 Å². The van der Waals surface area contributed by atoms with Crippen LogP contribution in [0.5, 0.6) is 0 Å². The molecule has 2 aromatic rings. The predicted octanol–water partition coefficient (Wildman–Crippen LogP) is 3.14. The van der Waals surface area contributed by atoms with Crippen molar-refractivity contribution in [2.24, 2.45) is 0 Å². The first-order valence-corrected chi connectivity index (χ1v) is 11.1. The Balaban J connectivity index is 0.00000218. The summed E-state index contributed by atoms with van der Waals surface area (Å²) in [5, 5.41) is 10.9. The fourth-order valence-electron chi connectivity index (χ4n) is 5.47. The highest BCUT2D eigenvalue weighted by Gasteiger charge is 2.44. The molecule has 2 fully saturated rings. The first kappa shape index (κ1) is 21.3. The van der Waals surface area contributed by atoms with Crippen LogP contribution < -0.4 is 5.32 Å². The van der Waals surface area contributed by atoms with E-state index in [0.29, 0.717) is 5.69 Å². The number of carbonyl (C=O) groups excluding carboxylic acids is 1. The Morgan fingerprint density at radius 3 is 2.70 bits per heavy atom. The van der Waals surface area contributed by atoms with E-state index >= 15 is 0 Å². The molecular weight excluding hydrogens is 398 g/mol. The molecule has 1 saturated heterocycles. The number of H-pyrrole nitrogens is 1. The fraction of sp³-hybridized carbons (Fsp3) is 0.565. The van der Waals surface area contributed by atoms with Crippen LogP contribution in [0.3, 0.4) is 0 Å². The maximum Gasteiger partial charge on any atom is 0.274 e. The van der Waals surface area contributed by atoms with Gasteiger partial charge in [0.2, 0.25) is 0 Å². The molecule has 0 atom stereocenters. The van der Waals surface area contributed by atoms with Gasteiger partial charge in [-0.2, -0.15) is 5.10 Å². The van der Waals surface area contributed by atoms with Gasteiger partial charge in [0.1, 0.15) is 0 Å². The first-order chi connectivity index (χ1) is 14.3. The van der Waals surface area contributed by atoms with Crippen molar-refractivity contribution in [3.63, 3.8) is 0 Å². The summed E-state index contributed by atoms with van der Waals surface area (Å²) in [6.07, 6.45) is 7.12. The number of hydrogen-bond donors (Lipinski definition) is 2. The molecule has 7 heteroatoms. The van der Waals surface area contributed by atoms with Crippen LogP contribution in [0.25, 0.3) is 0 Å². The van der Waals surface area contributed by atoms with E-state index in [9.17, 15) is 4.79 Å². The molecule has 3 heterocycles. The Bertz CT molecular complexity index is 862. The molecule has 2 aliphatic heterocycles. The molecule has 0 unspecified atom stereocenters. The average molecular weight is 430 g/mol. The van der Waals surface area contributed by atoms with E-state index in [4.69, 9.17) is 0 Å². The fourth-order valence-corrected chi connectivity index (χ4v) is 5.47. The van der Waals surface area contributed by atoms with Crippen molar-refractivity contribution in [1.29, 1.82) is 0 Å². The van der Waals surface area contributed by atoms with Crippen LogP contribution in [-0.4, -0.2) is 57.6 Å². The molecule has 1 aromatic heterocycles. The van der Waals surface area contributed by atoms with Gasteiger partial charge < -0.3 is 10.2 Å². The second kappa shape index (κ2) is 9.08. The molecular formula is C23H32ClN5O. The van der Waals surface area contributed by atoms with Gasteiger partial charge in [-0.15, -0.1) is 12.4 Å². The quantitative estimate of drug-likeness (QED) is 0.786. The van der Waals surface area contributed by atoms with E-state index in [0.717, 1.165) is 56.9 Å². The SMILES string of the molecule is Cl.O=C(c1n[nH]c2c1CNCC2)N1CCN(Cc2ccccc2)C2(CCCCC2)C1. The molecule has 1 aliphatic carbocycles. The lowest BCUT2D eigenvalue weighted by molar-refractivity contribution is -0.0254. The summed E-state index contributed by atoms with van der Waals surface area (Å²) in [6, 6.07) is 10.8. The minimum Gasteiger partial charge on any atom is -0.334 e. The summed E-state index contributed by atoms with van der Waals surface area (Å²) >= 11 is 0. The van der Waals surface area contributed by atoms with Crippen molar-refractivity contribution in [3.05, 3.63) is 52.8 Å². The molecule has 1 amide bonds. The van der Waals surface area contributed by atoms with Crippen LogP contribution in [-0.2, 0) is 19.5 Å². The number of aromatic nitrogens is 2. The Kier molecular flexibility index (Phi) is 6.46. The number of rotatable bonds is 3. The number of nitrogens with one attached hydrogen (secondary N) is 2. The summed E-state index contributed by atoms with van der Waals surface area (Å²) in [6.45, 7) is 5.21. The molecule has 0 bridgehead atoms. The van der Waals surface area contributed by atoms with Gasteiger partial charge in [0.25, 0.3) is 5.91 Å². The third kappa shape index (κ3) is 4.01. The van der Waals surface area contributed by atoms with E-state index < -0.39 is 0 Å². The van der Waals surface area contributed by atoms with Gasteiger partial charge in [-0.3, -0.25) is 14.8 Å². The number of aromatic amines is 1. The van der Waals surface area contributed by atoms with Gasteiger partial charge in [0.05, 0.1) is 0 Å². The van der Waals surface area contributed by atoms with E-state index in [1.54, 1.807) is 0 Å². The van der Waals surface area contributed by atoms with Gasteiger partial charge in [-0.25, -0.2) is 0 Å². The van der Waals surface area contributed by atoms with Crippen LogP contribution in [0, 0.1) is 0 Å². The van der Waals surface area contributed by atoms with Crippen molar-refractivity contribution in [3.8, 4) is 0 Å². The average Bonchev–Trinajstić information content (AvgIpc) is 3.20. The van der Waals surface area contributed by atoms with Crippen LogP contribution in [0.4, 0.5) is 0 Å². The third-order valence-corrected chi connectivity index (χ3v) is 7.09. The minimum atomic E-state index is 0. The highest BCUT2D eigenvalue weighted by Crippen LogP contribution is 2.38. The molecule has 1 aromatic carbocycles. The predicted molar refractivity (Wildman–Crippen MR) is 120 cm³/mol. The van der Waals surface area contributed by atoms with E-state index in [2.05, 4.69) is 55.6 Å². The molecule has 3 aliphatic rings. The van der Waals surface area contributed by atoms with Crippen LogP contribution >= 0.6 is 12.4 Å². The van der Waals surface area contributed by atoms with Crippen LogP contribution in [0.2, 0.25) is 0 Å². The Labute approximate surface area is 184 Å². The highest BCUT2D eigenvalue weighted by molar-refractivity contribution is 5.94. The van der Waals surface area contributed by atoms with Crippen molar-refractivity contribution >= 4 is 18.3 Å². The van der Waals surface area contributed by atoms with Crippen LogP contribution in [0.1, 0.15) is 59.4 Å². The summed E-state index contributed by atoms with van der Waals surface area (Å²) in [5.41, 5.74) is 4.31. The number of amides is 1. The lowest BCUT2D eigenvalue weighted by Gasteiger charge is -2.53. The second-order valence-corrected chi connectivity index (χ2v) is 8.87. The van der Waals surface area contributed by atoms with Crippen molar-refractivity contribution < 1.29 is 4.79 Å². The Morgan fingerprint density at radius 2 is 1.90 bits per heavy atom. The van der Waals surface area contributed by atoms with Gasteiger partial charge in [0, 0.05) is 62.5 Å². The minimum absolute atomic E-state index is 0. The molecule has 0 radical (unpaired) electrons. The zero-order valence-electron chi connectivity index (χ0n) is 17.5. The monoisotopic (exact) mass is 429 g/mol. The Morgan fingerprint density at radius 1 is 1.10 bits per heavy atom. The number of fused-ring (bicyclic) bond motifs is 1. The van der Waals surface area contributed by atoms with Gasteiger partial charge >= 0.3 is 0 Å². The molecule has 2 N–H and O–H groups in total. The highest BCUT2D eigenvalue weighted by atomic mass is 35.5. The normalized spacial score (nSPS) is 21.1. The third-order valence-electron chi connectivity index (χ3n) is 7.09. The summed E-state index contributed by atoms with van der Waals surface area (Å²) in [4.78, 5) is 18.2. The van der Waals surface area contributed by atoms with E-state index in [1.807, 2.05) is 0 Å². The first-order valence-electron chi connectivity index (χ1n) is 11.1. The molecule has 6 nitrogen and oxygen atoms in total. The molecule has 1 saturated carbocycles. The zero-order chi connectivity index (χ0) is 19.7. The summed E-state index contributed by atoms with van der Waals surface area (Å²) < 4.78 is 0. The number of nitrogens with zero attached hydrogens (tertiary/aromatic N) is 3. The van der Waals surface area contributed by atoms with Crippen LogP contribution in [0.15, 0.2) is 30.3 Å². The topological polar surface area (TPSA) is 64.3 Å². The second-order valence-electron chi connectivity index (χ2n) is 8.87. The number of halogens is 1. The molecule has 5 rings (SSSR count). The maximum absolute atomic E-state index is 13.4. The number of carbonyl (C=O) groups is 1. The van der Waals surface area contributed by atoms with Gasteiger partial charge in [-0.05, 0) is 18.4 Å².